The molecule has 0 saturated heterocycles. The van der Waals surface area contributed by atoms with Crippen molar-refractivity contribution >= 4 is 21.8 Å². The predicted octanol–water partition coefficient (Wildman–Crippen LogP) is 4.61. The van der Waals surface area contributed by atoms with E-state index in [4.69, 9.17) is 0 Å². The summed E-state index contributed by atoms with van der Waals surface area (Å²) in [7, 11) is -3.55. The summed E-state index contributed by atoms with van der Waals surface area (Å²) >= 11 is 0. The Balaban J connectivity index is 1.54. The molecule has 218 valence electrons. The second kappa shape index (κ2) is 13.9. The molecular weight excluding hydrogens is 541 g/mol. The van der Waals surface area contributed by atoms with Gasteiger partial charge in [0.2, 0.25) is 21.8 Å². The van der Waals surface area contributed by atoms with Crippen LogP contribution in [-0.4, -0.2) is 43.8 Å². The van der Waals surface area contributed by atoms with Gasteiger partial charge < -0.3 is 10.2 Å². The van der Waals surface area contributed by atoms with Crippen LogP contribution in [-0.2, 0) is 39.0 Å². The fourth-order valence-corrected chi connectivity index (χ4v) is 5.79. The fraction of sp³-hybridized carbons (Fsp3) is 0.375. The maximum Gasteiger partial charge on any atom is 0.243 e. The third-order valence-corrected chi connectivity index (χ3v) is 8.52. The summed E-state index contributed by atoms with van der Waals surface area (Å²) in [6.45, 7) is 4.64. The molecule has 1 aliphatic rings. The third kappa shape index (κ3) is 9.23. The summed E-state index contributed by atoms with van der Waals surface area (Å²) < 4.78 is 41.3. The maximum absolute atomic E-state index is 13.8. The normalized spacial score (nSPS) is 14.0. The van der Waals surface area contributed by atoms with E-state index in [0.717, 1.165) is 24.0 Å². The Morgan fingerprint density at radius 3 is 2.15 bits per heavy atom. The van der Waals surface area contributed by atoms with Crippen molar-refractivity contribution in [2.24, 2.45) is 5.92 Å². The number of hydrogen-bond acceptors (Lipinski definition) is 4. The number of amides is 2. The van der Waals surface area contributed by atoms with Gasteiger partial charge in [0.25, 0.3) is 0 Å². The minimum atomic E-state index is -3.55. The third-order valence-electron chi connectivity index (χ3n) is 6.98. The highest BCUT2D eigenvalue weighted by Gasteiger charge is 2.31. The molecule has 9 heteroatoms. The fourth-order valence-electron chi connectivity index (χ4n) is 4.48. The highest BCUT2D eigenvalue weighted by molar-refractivity contribution is 7.89. The molecule has 2 N–H and O–H groups in total. The van der Waals surface area contributed by atoms with E-state index in [1.807, 2.05) is 44.2 Å². The molecule has 3 aromatic carbocycles. The standard InChI is InChI=1S/C32H38FN3O4S/c1-23(2)21-34-32(38)30(20-25-6-4-3-5-7-25)36(22-26-8-13-27(33)14-9-26)31(37)19-12-24-10-17-29(18-11-24)41(39,40)35-28-15-16-28/h3-11,13-14,17-18,23,28,30,35H,12,15-16,19-22H2,1-2H3,(H,34,38). The van der Waals surface area contributed by atoms with E-state index in [0.29, 0.717) is 24.9 Å². The molecule has 0 bridgehead atoms. The Kier molecular flexibility index (Phi) is 10.3. The van der Waals surface area contributed by atoms with Crippen molar-refractivity contribution in [3.8, 4) is 0 Å². The van der Waals surface area contributed by atoms with Crippen LogP contribution >= 0.6 is 0 Å². The van der Waals surface area contributed by atoms with Gasteiger partial charge in [-0.25, -0.2) is 17.5 Å². The lowest BCUT2D eigenvalue weighted by molar-refractivity contribution is -0.141. The van der Waals surface area contributed by atoms with Crippen LogP contribution in [0.4, 0.5) is 4.39 Å². The van der Waals surface area contributed by atoms with E-state index < -0.39 is 16.1 Å². The highest BCUT2D eigenvalue weighted by Crippen LogP contribution is 2.23. The molecule has 41 heavy (non-hydrogen) atoms. The van der Waals surface area contributed by atoms with Crippen molar-refractivity contribution in [2.75, 3.05) is 6.54 Å². The highest BCUT2D eigenvalue weighted by atomic mass is 32.2. The van der Waals surface area contributed by atoms with Crippen LogP contribution in [0.15, 0.2) is 83.8 Å². The molecule has 3 aromatic rings. The summed E-state index contributed by atoms with van der Waals surface area (Å²) in [5, 5.41) is 2.99. The first-order valence-electron chi connectivity index (χ1n) is 14.1. The predicted molar refractivity (Wildman–Crippen MR) is 157 cm³/mol. The number of halogens is 1. The first kappa shape index (κ1) is 30.4. The zero-order valence-electron chi connectivity index (χ0n) is 23.6. The Bertz CT molecular complexity index is 1410. The lowest BCUT2D eigenvalue weighted by Crippen LogP contribution is -2.51. The summed E-state index contributed by atoms with van der Waals surface area (Å²) in [4.78, 5) is 29.1. The second-order valence-electron chi connectivity index (χ2n) is 11.0. The van der Waals surface area contributed by atoms with Crippen molar-refractivity contribution in [2.45, 2.75) is 69.5 Å². The van der Waals surface area contributed by atoms with Gasteiger partial charge in [-0.1, -0.05) is 68.4 Å². The Hall–Kier alpha value is -3.56. The summed E-state index contributed by atoms with van der Waals surface area (Å²) in [5.74, 6) is -0.596. The molecule has 0 heterocycles. The number of carbonyl (C=O) groups is 2. The molecule has 1 saturated carbocycles. The van der Waals surface area contributed by atoms with E-state index in [-0.39, 0.29) is 47.5 Å². The number of rotatable bonds is 14. The van der Waals surface area contributed by atoms with Gasteiger partial charge in [-0.05, 0) is 66.1 Å². The quantitative estimate of drug-likeness (QED) is 0.292. The molecule has 0 spiro atoms. The van der Waals surface area contributed by atoms with Crippen LogP contribution in [0.1, 0.15) is 49.8 Å². The molecule has 0 aromatic heterocycles. The zero-order valence-corrected chi connectivity index (χ0v) is 24.4. The van der Waals surface area contributed by atoms with Gasteiger partial charge >= 0.3 is 0 Å². The molecule has 7 nitrogen and oxygen atoms in total. The number of nitrogens with one attached hydrogen (secondary N) is 2. The minimum Gasteiger partial charge on any atom is -0.354 e. The van der Waals surface area contributed by atoms with Crippen molar-refractivity contribution in [1.82, 2.24) is 14.9 Å². The van der Waals surface area contributed by atoms with Gasteiger partial charge in [0.15, 0.2) is 0 Å². The molecule has 1 fully saturated rings. The Morgan fingerprint density at radius 1 is 0.902 bits per heavy atom. The van der Waals surface area contributed by atoms with Crippen molar-refractivity contribution in [3.05, 3.63) is 101 Å². The second-order valence-corrected chi connectivity index (χ2v) is 12.7. The SMILES string of the molecule is CC(C)CNC(=O)C(Cc1ccccc1)N(Cc1ccc(F)cc1)C(=O)CCc1ccc(S(=O)(=O)NC2CC2)cc1. The van der Waals surface area contributed by atoms with Crippen LogP contribution in [0.25, 0.3) is 0 Å². The molecule has 4 rings (SSSR count). The zero-order chi connectivity index (χ0) is 29.4. The van der Waals surface area contributed by atoms with Gasteiger partial charge in [-0.15, -0.1) is 0 Å². The summed E-state index contributed by atoms with van der Waals surface area (Å²) in [5.41, 5.74) is 2.45. The van der Waals surface area contributed by atoms with E-state index >= 15 is 0 Å². The van der Waals surface area contributed by atoms with Crippen molar-refractivity contribution in [3.63, 3.8) is 0 Å². The van der Waals surface area contributed by atoms with Crippen molar-refractivity contribution in [1.29, 1.82) is 0 Å². The number of aryl methyl sites for hydroxylation is 1. The average Bonchev–Trinajstić information content (AvgIpc) is 3.77. The lowest BCUT2D eigenvalue weighted by atomic mass is 10.0. The van der Waals surface area contributed by atoms with Gasteiger partial charge in [-0.3, -0.25) is 9.59 Å². The number of benzene rings is 3. The first-order chi connectivity index (χ1) is 19.6. The van der Waals surface area contributed by atoms with E-state index in [2.05, 4.69) is 10.0 Å². The topological polar surface area (TPSA) is 95.6 Å². The van der Waals surface area contributed by atoms with Gasteiger partial charge in [0.05, 0.1) is 4.90 Å². The smallest absolute Gasteiger partial charge is 0.243 e. The van der Waals surface area contributed by atoms with Crippen LogP contribution in [0.2, 0.25) is 0 Å². The Labute approximate surface area is 242 Å². The van der Waals surface area contributed by atoms with Crippen LogP contribution in [0.3, 0.4) is 0 Å². The summed E-state index contributed by atoms with van der Waals surface area (Å²) in [6, 6.07) is 21.3. The monoisotopic (exact) mass is 579 g/mol. The van der Waals surface area contributed by atoms with Crippen molar-refractivity contribution < 1.29 is 22.4 Å². The lowest BCUT2D eigenvalue weighted by Gasteiger charge is -2.32. The molecule has 2 amide bonds. The largest absolute Gasteiger partial charge is 0.354 e. The number of nitrogens with zero attached hydrogens (tertiary/aromatic N) is 1. The first-order valence-corrected chi connectivity index (χ1v) is 15.6. The van der Waals surface area contributed by atoms with E-state index in [1.54, 1.807) is 41.3 Å². The molecule has 1 aliphatic carbocycles. The van der Waals surface area contributed by atoms with E-state index in [1.165, 1.54) is 12.1 Å². The summed E-state index contributed by atoms with van der Waals surface area (Å²) in [6.07, 6.45) is 2.54. The maximum atomic E-state index is 13.8. The van der Waals surface area contributed by atoms with Gasteiger partial charge in [0, 0.05) is 32.0 Å². The van der Waals surface area contributed by atoms with Crippen LogP contribution in [0, 0.1) is 11.7 Å². The van der Waals surface area contributed by atoms with Crippen LogP contribution < -0.4 is 10.0 Å². The van der Waals surface area contributed by atoms with Gasteiger partial charge in [-0.2, -0.15) is 0 Å². The molecule has 0 aliphatic heterocycles. The molecule has 0 radical (unpaired) electrons. The average molecular weight is 580 g/mol. The Morgan fingerprint density at radius 2 is 1.54 bits per heavy atom. The van der Waals surface area contributed by atoms with Crippen LogP contribution in [0.5, 0.6) is 0 Å². The van der Waals surface area contributed by atoms with E-state index in [9.17, 15) is 22.4 Å². The number of sulfonamides is 1. The van der Waals surface area contributed by atoms with Gasteiger partial charge in [0.1, 0.15) is 11.9 Å². The number of carbonyl (C=O) groups excluding carboxylic acids is 2. The molecular formula is C32H38FN3O4S. The number of hydrogen-bond donors (Lipinski definition) is 2. The minimum absolute atomic E-state index is 0.0194. The molecule has 1 unspecified atom stereocenters. The molecule has 1 atom stereocenters.